The number of methoxy groups -OCH3 is 1. The molecular formula is C24H28N6O4. The first-order valence-electron chi connectivity index (χ1n) is 11.2. The molecule has 0 spiro atoms. The van der Waals surface area contributed by atoms with E-state index in [2.05, 4.69) is 34.7 Å². The number of nitrogens with one attached hydrogen (secondary N) is 2. The van der Waals surface area contributed by atoms with Crippen LogP contribution in [0.25, 0.3) is 5.65 Å². The standard InChI is InChI=1S/C24H28N6O4/c1-15(2)12-18(22-28-27-20-6-4-5-11-29(20)22)25-21(31)13-19-23(32)30(24(33)26-19)14-16-7-9-17(34-3)10-8-16/h4-11,15,18-19H,12-14H2,1-3H3,(H,25,31)(H,26,33)/t18-,19+/m1/s1. The van der Waals surface area contributed by atoms with E-state index in [1.807, 2.05) is 28.8 Å². The summed E-state index contributed by atoms with van der Waals surface area (Å²) in [6.45, 7) is 4.23. The summed E-state index contributed by atoms with van der Waals surface area (Å²) in [5.74, 6) is 0.828. The van der Waals surface area contributed by atoms with Crippen LogP contribution in [-0.4, -0.2) is 50.5 Å². The number of urea groups is 1. The van der Waals surface area contributed by atoms with Gasteiger partial charge in [0.1, 0.15) is 11.8 Å². The Bertz CT molecular complexity index is 1190. The SMILES string of the molecule is COc1ccc(CN2C(=O)N[C@@H](CC(=O)N[C@H](CC(C)C)c3nnc4ccccn34)C2=O)cc1. The lowest BCUT2D eigenvalue weighted by molar-refractivity contribution is -0.131. The maximum atomic E-state index is 12.9. The maximum absolute atomic E-state index is 12.9. The van der Waals surface area contributed by atoms with Crippen molar-refractivity contribution in [3.05, 3.63) is 60.0 Å². The summed E-state index contributed by atoms with van der Waals surface area (Å²) < 4.78 is 6.97. The lowest BCUT2D eigenvalue weighted by Gasteiger charge is -2.20. The lowest BCUT2D eigenvalue weighted by atomic mass is 10.0. The summed E-state index contributed by atoms with van der Waals surface area (Å²) in [4.78, 5) is 39.3. The molecule has 1 saturated heterocycles. The second kappa shape index (κ2) is 9.90. The zero-order valence-corrected chi connectivity index (χ0v) is 19.4. The molecule has 0 radical (unpaired) electrons. The summed E-state index contributed by atoms with van der Waals surface area (Å²) in [5.41, 5.74) is 1.47. The fourth-order valence-electron chi connectivity index (χ4n) is 4.01. The first-order chi connectivity index (χ1) is 16.4. The van der Waals surface area contributed by atoms with E-state index in [1.54, 1.807) is 31.4 Å². The van der Waals surface area contributed by atoms with Crippen molar-refractivity contribution < 1.29 is 19.1 Å². The van der Waals surface area contributed by atoms with Crippen LogP contribution < -0.4 is 15.4 Å². The number of fused-ring (bicyclic) bond motifs is 1. The van der Waals surface area contributed by atoms with E-state index in [-0.39, 0.29) is 30.8 Å². The number of hydrogen-bond donors (Lipinski definition) is 2. The summed E-state index contributed by atoms with van der Waals surface area (Å²) in [6.07, 6.45) is 2.34. The van der Waals surface area contributed by atoms with Gasteiger partial charge in [0, 0.05) is 6.20 Å². The van der Waals surface area contributed by atoms with Gasteiger partial charge in [-0.3, -0.25) is 18.9 Å². The number of rotatable bonds is 9. The number of carbonyl (C=O) groups is 3. The van der Waals surface area contributed by atoms with E-state index >= 15 is 0 Å². The number of imide groups is 1. The molecule has 10 nitrogen and oxygen atoms in total. The van der Waals surface area contributed by atoms with Crippen molar-refractivity contribution in [2.75, 3.05) is 7.11 Å². The zero-order valence-electron chi connectivity index (χ0n) is 19.4. The highest BCUT2D eigenvalue weighted by Crippen LogP contribution is 2.22. The van der Waals surface area contributed by atoms with Gasteiger partial charge in [-0.1, -0.05) is 32.0 Å². The molecule has 1 aliphatic rings. The van der Waals surface area contributed by atoms with Crippen LogP contribution in [0.4, 0.5) is 4.79 Å². The second-order valence-electron chi connectivity index (χ2n) is 8.72. The van der Waals surface area contributed by atoms with Gasteiger partial charge < -0.3 is 15.4 Å². The van der Waals surface area contributed by atoms with Gasteiger partial charge in [0.05, 0.1) is 26.1 Å². The Balaban J connectivity index is 1.42. The summed E-state index contributed by atoms with van der Waals surface area (Å²) in [7, 11) is 1.57. The number of hydrogen-bond acceptors (Lipinski definition) is 6. The van der Waals surface area contributed by atoms with Crippen molar-refractivity contribution >= 4 is 23.5 Å². The van der Waals surface area contributed by atoms with Crippen molar-refractivity contribution in [1.29, 1.82) is 0 Å². The topological polar surface area (TPSA) is 118 Å². The molecule has 0 aliphatic carbocycles. The van der Waals surface area contributed by atoms with Crippen LogP contribution in [0.15, 0.2) is 48.7 Å². The largest absolute Gasteiger partial charge is 0.497 e. The number of carbonyl (C=O) groups excluding carboxylic acids is 3. The van der Waals surface area contributed by atoms with Crippen molar-refractivity contribution in [2.45, 2.75) is 45.3 Å². The van der Waals surface area contributed by atoms with E-state index in [0.29, 0.717) is 23.6 Å². The molecule has 1 aromatic carbocycles. The molecule has 3 aromatic rings. The van der Waals surface area contributed by atoms with Crippen LogP contribution >= 0.6 is 0 Å². The number of amides is 4. The summed E-state index contributed by atoms with van der Waals surface area (Å²) >= 11 is 0. The number of ether oxygens (including phenoxy) is 1. The van der Waals surface area contributed by atoms with E-state index in [4.69, 9.17) is 4.74 Å². The van der Waals surface area contributed by atoms with Crippen molar-refractivity contribution in [2.24, 2.45) is 5.92 Å². The van der Waals surface area contributed by atoms with Crippen LogP contribution in [-0.2, 0) is 16.1 Å². The van der Waals surface area contributed by atoms with Crippen molar-refractivity contribution in [1.82, 2.24) is 30.1 Å². The molecule has 34 heavy (non-hydrogen) atoms. The van der Waals surface area contributed by atoms with E-state index in [9.17, 15) is 14.4 Å². The third-order valence-electron chi connectivity index (χ3n) is 5.69. The first-order valence-corrected chi connectivity index (χ1v) is 11.2. The maximum Gasteiger partial charge on any atom is 0.325 e. The predicted octanol–water partition coefficient (Wildman–Crippen LogP) is 2.45. The van der Waals surface area contributed by atoms with Crippen LogP contribution in [0.1, 0.15) is 44.1 Å². The lowest BCUT2D eigenvalue weighted by Crippen LogP contribution is -2.38. The fraction of sp³-hybridized carbons (Fsp3) is 0.375. The van der Waals surface area contributed by atoms with Gasteiger partial charge in [-0.15, -0.1) is 10.2 Å². The van der Waals surface area contributed by atoms with Gasteiger partial charge in [-0.05, 0) is 42.2 Å². The summed E-state index contributed by atoms with van der Waals surface area (Å²) in [5, 5.41) is 14.1. The minimum atomic E-state index is -0.916. The normalized spacial score (nSPS) is 16.7. The number of nitrogens with zero attached hydrogens (tertiary/aromatic N) is 4. The molecule has 2 atom stereocenters. The zero-order chi connectivity index (χ0) is 24.2. The van der Waals surface area contributed by atoms with Gasteiger partial charge in [0.2, 0.25) is 5.91 Å². The Morgan fingerprint density at radius 3 is 2.62 bits per heavy atom. The molecule has 10 heteroatoms. The average molecular weight is 465 g/mol. The highest BCUT2D eigenvalue weighted by molar-refractivity contribution is 6.05. The smallest absolute Gasteiger partial charge is 0.325 e. The molecule has 4 rings (SSSR count). The number of pyridine rings is 1. The Kier molecular flexibility index (Phi) is 6.76. The Labute approximate surface area is 197 Å². The molecule has 178 valence electrons. The molecule has 0 unspecified atom stereocenters. The van der Waals surface area contributed by atoms with E-state index < -0.39 is 18.0 Å². The van der Waals surface area contributed by atoms with E-state index in [0.717, 1.165) is 10.5 Å². The molecule has 3 heterocycles. The van der Waals surface area contributed by atoms with Crippen LogP contribution in [0.2, 0.25) is 0 Å². The molecular weight excluding hydrogens is 436 g/mol. The van der Waals surface area contributed by atoms with Crippen LogP contribution in [0.3, 0.4) is 0 Å². The van der Waals surface area contributed by atoms with Crippen LogP contribution in [0, 0.1) is 5.92 Å². The Morgan fingerprint density at radius 1 is 1.15 bits per heavy atom. The number of aromatic nitrogens is 3. The highest BCUT2D eigenvalue weighted by Gasteiger charge is 2.39. The fourth-order valence-corrected chi connectivity index (χ4v) is 4.01. The van der Waals surface area contributed by atoms with Gasteiger partial charge >= 0.3 is 6.03 Å². The third kappa shape index (κ3) is 5.00. The predicted molar refractivity (Wildman–Crippen MR) is 124 cm³/mol. The van der Waals surface area contributed by atoms with Crippen molar-refractivity contribution in [3.63, 3.8) is 0 Å². The van der Waals surface area contributed by atoms with Crippen molar-refractivity contribution in [3.8, 4) is 5.75 Å². The molecule has 2 N–H and O–H groups in total. The van der Waals surface area contributed by atoms with Gasteiger partial charge in [0.15, 0.2) is 11.5 Å². The van der Waals surface area contributed by atoms with E-state index in [1.165, 1.54) is 0 Å². The molecule has 1 fully saturated rings. The Hall–Kier alpha value is -3.95. The quantitative estimate of drug-likeness (QED) is 0.470. The third-order valence-corrected chi connectivity index (χ3v) is 5.69. The number of benzene rings is 1. The molecule has 0 bridgehead atoms. The van der Waals surface area contributed by atoms with Gasteiger partial charge in [-0.2, -0.15) is 0 Å². The Morgan fingerprint density at radius 2 is 1.91 bits per heavy atom. The minimum Gasteiger partial charge on any atom is -0.497 e. The van der Waals surface area contributed by atoms with Gasteiger partial charge in [-0.25, -0.2) is 4.79 Å². The molecule has 2 aromatic heterocycles. The highest BCUT2D eigenvalue weighted by atomic mass is 16.5. The second-order valence-corrected chi connectivity index (χ2v) is 8.72. The van der Waals surface area contributed by atoms with Crippen LogP contribution in [0.5, 0.6) is 5.75 Å². The molecule has 4 amide bonds. The first kappa shape index (κ1) is 23.2. The average Bonchev–Trinajstić information content (AvgIpc) is 3.35. The molecule has 1 aliphatic heterocycles. The minimum absolute atomic E-state index is 0.120. The molecule has 0 saturated carbocycles. The van der Waals surface area contributed by atoms with Gasteiger partial charge in [0.25, 0.3) is 5.91 Å². The summed E-state index contributed by atoms with van der Waals surface area (Å²) in [6, 6.07) is 10.9. The monoisotopic (exact) mass is 464 g/mol.